The number of nitrogens with two attached hydrogens (primary N) is 1. The summed E-state index contributed by atoms with van der Waals surface area (Å²) in [7, 11) is 0. The van der Waals surface area contributed by atoms with Crippen LogP contribution in [0, 0.1) is 5.92 Å². The quantitative estimate of drug-likeness (QED) is 0.837. The molecule has 1 aromatic rings. The van der Waals surface area contributed by atoms with Gasteiger partial charge in [0.15, 0.2) is 0 Å². The zero-order valence-electron chi connectivity index (χ0n) is 10.4. The van der Waals surface area contributed by atoms with Crippen molar-refractivity contribution in [1.82, 2.24) is 14.7 Å². The third-order valence-electron chi connectivity index (χ3n) is 3.56. The maximum atomic E-state index is 12.3. The fraction of sp³-hybridized carbons (Fsp3) is 0.667. The molecule has 2 rings (SSSR count). The summed E-state index contributed by atoms with van der Waals surface area (Å²) in [6.45, 7) is 5.41. The summed E-state index contributed by atoms with van der Waals surface area (Å²) in [5.41, 5.74) is 5.67. The van der Waals surface area contributed by atoms with Crippen molar-refractivity contribution in [3.05, 3.63) is 18.5 Å². The van der Waals surface area contributed by atoms with Crippen LogP contribution in [0.25, 0.3) is 0 Å². The van der Waals surface area contributed by atoms with Crippen LogP contribution >= 0.6 is 0 Å². The molecule has 0 bridgehead atoms. The lowest BCUT2D eigenvalue weighted by atomic mass is 10.1. The Morgan fingerprint density at radius 1 is 1.65 bits per heavy atom. The summed E-state index contributed by atoms with van der Waals surface area (Å²) in [4.78, 5) is 14.3. The second-order valence-electron chi connectivity index (χ2n) is 4.84. The molecular formula is C12H20N4O. The number of hydrogen-bond acceptors (Lipinski definition) is 3. The minimum absolute atomic E-state index is 0.136. The molecule has 0 radical (unpaired) electrons. The second kappa shape index (κ2) is 4.87. The van der Waals surface area contributed by atoms with E-state index in [0.717, 1.165) is 13.0 Å². The monoisotopic (exact) mass is 236 g/mol. The fourth-order valence-corrected chi connectivity index (χ4v) is 2.48. The molecule has 1 saturated heterocycles. The highest BCUT2D eigenvalue weighted by Gasteiger charge is 2.34. The van der Waals surface area contributed by atoms with E-state index in [1.54, 1.807) is 10.9 Å². The Labute approximate surface area is 102 Å². The Hall–Kier alpha value is -1.36. The van der Waals surface area contributed by atoms with Gasteiger partial charge in [0.2, 0.25) is 5.91 Å². The molecule has 3 atom stereocenters. The Kier molecular flexibility index (Phi) is 3.47. The van der Waals surface area contributed by atoms with Crippen molar-refractivity contribution < 1.29 is 4.79 Å². The van der Waals surface area contributed by atoms with Crippen molar-refractivity contribution in [2.24, 2.45) is 11.7 Å². The summed E-state index contributed by atoms with van der Waals surface area (Å²) in [6.07, 6.45) is 4.53. The van der Waals surface area contributed by atoms with Crippen molar-refractivity contribution in [3.8, 4) is 0 Å². The molecule has 5 heteroatoms. The van der Waals surface area contributed by atoms with E-state index in [2.05, 4.69) is 12.0 Å². The lowest BCUT2D eigenvalue weighted by Crippen LogP contribution is -2.39. The minimum Gasteiger partial charge on any atom is -0.338 e. The number of carbonyl (C=O) groups is 1. The van der Waals surface area contributed by atoms with Crippen LogP contribution in [-0.2, 0) is 4.79 Å². The Morgan fingerprint density at radius 3 is 2.94 bits per heavy atom. The lowest BCUT2D eigenvalue weighted by Gasteiger charge is -2.25. The van der Waals surface area contributed by atoms with Crippen molar-refractivity contribution >= 4 is 5.91 Å². The van der Waals surface area contributed by atoms with Crippen LogP contribution in [0.5, 0.6) is 0 Å². The summed E-state index contributed by atoms with van der Waals surface area (Å²) >= 11 is 0. The van der Waals surface area contributed by atoms with Crippen LogP contribution in [0.3, 0.4) is 0 Å². The van der Waals surface area contributed by atoms with E-state index in [1.807, 2.05) is 24.1 Å². The molecular weight excluding hydrogens is 216 g/mol. The molecule has 1 aromatic heterocycles. The molecule has 0 aliphatic carbocycles. The smallest absolute Gasteiger partial charge is 0.247 e. The van der Waals surface area contributed by atoms with Crippen LogP contribution in [0.4, 0.5) is 0 Å². The SMILES string of the molecule is CC1CC(CN)CN1C(=O)C(C)n1cccn1. The van der Waals surface area contributed by atoms with Gasteiger partial charge in [0, 0.05) is 25.0 Å². The summed E-state index contributed by atoms with van der Waals surface area (Å²) in [5, 5.41) is 4.12. The molecule has 5 nitrogen and oxygen atoms in total. The van der Waals surface area contributed by atoms with Gasteiger partial charge in [-0.3, -0.25) is 9.48 Å². The molecule has 94 valence electrons. The van der Waals surface area contributed by atoms with Crippen molar-refractivity contribution in [2.45, 2.75) is 32.4 Å². The van der Waals surface area contributed by atoms with E-state index in [1.165, 1.54) is 0 Å². The number of hydrogen-bond donors (Lipinski definition) is 1. The number of rotatable bonds is 3. The predicted molar refractivity (Wildman–Crippen MR) is 65.3 cm³/mol. The molecule has 1 fully saturated rings. The van der Waals surface area contributed by atoms with Crippen molar-refractivity contribution in [1.29, 1.82) is 0 Å². The molecule has 17 heavy (non-hydrogen) atoms. The van der Waals surface area contributed by atoms with E-state index < -0.39 is 0 Å². The largest absolute Gasteiger partial charge is 0.338 e. The van der Waals surface area contributed by atoms with Crippen LogP contribution in [0.2, 0.25) is 0 Å². The summed E-state index contributed by atoms with van der Waals surface area (Å²) in [6, 6.07) is 1.89. The van der Waals surface area contributed by atoms with Gasteiger partial charge in [0.25, 0.3) is 0 Å². The molecule has 1 aliphatic rings. The molecule has 2 N–H and O–H groups in total. The maximum Gasteiger partial charge on any atom is 0.247 e. The molecule has 0 spiro atoms. The third-order valence-corrected chi connectivity index (χ3v) is 3.56. The second-order valence-corrected chi connectivity index (χ2v) is 4.84. The first-order valence-corrected chi connectivity index (χ1v) is 6.13. The predicted octanol–water partition coefficient (Wildman–Crippen LogP) is 0.640. The Balaban J connectivity index is 2.05. The molecule has 2 heterocycles. The first-order chi connectivity index (χ1) is 8.13. The van der Waals surface area contributed by atoms with Crippen molar-refractivity contribution in [3.63, 3.8) is 0 Å². The Bertz CT molecular complexity index is 376. The number of amides is 1. The fourth-order valence-electron chi connectivity index (χ4n) is 2.48. The van der Waals surface area contributed by atoms with E-state index in [0.29, 0.717) is 12.5 Å². The first kappa shape index (κ1) is 12.1. The maximum absolute atomic E-state index is 12.3. The van der Waals surface area contributed by atoms with E-state index in [-0.39, 0.29) is 18.0 Å². The zero-order chi connectivity index (χ0) is 12.4. The molecule has 1 amide bonds. The van der Waals surface area contributed by atoms with Crippen LogP contribution in [-0.4, -0.2) is 39.7 Å². The van der Waals surface area contributed by atoms with Gasteiger partial charge in [-0.15, -0.1) is 0 Å². The number of aromatic nitrogens is 2. The van der Waals surface area contributed by atoms with Crippen LogP contribution in [0.15, 0.2) is 18.5 Å². The van der Waals surface area contributed by atoms with Gasteiger partial charge in [0.05, 0.1) is 0 Å². The Morgan fingerprint density at radius 2 is 2.41 bits per heavy atom. The van der Waals surface area contributed by atoms with Gasteiger partial charge in [-0.05, 0) is 38.8 Å². The first-order valence-electron chi connectivity index (χ1n) is 6.13. The molecule has 1 aliphatic heterocycles. The van der Waals surface area contributed by atoms with Gasteiger partial charge < -0.3 is 10.6 Å². The van der Waals surface area contributed by atoms with Gasteiger partial charge >= 0.3 is 0 Å². The minimum atomic E-state index is -0.232. The van der Waals surface area contributed by atoms with Crippen LogP contribution in [0.1, 0.15) is 26.3 Å². The molecule has 0 saturated carbocycles. The standard InChI is InChI=1S/C12H20N4O/c1-9-6-11(7-13)8-15(9)12(17)10(2)16-5-3-4-14-16/h3-5,9-11H,6-8,13H2,1-2H3. The van der Waals surface area contributed by atoms with E-state index in [4.69, 9.17) is 5.73 Å². The summed E-state index contributed by atoms with van der Waals surface area (Å²) < 4.78 is 1.70. The van der Waals surface area contributed by atoms with E-state index >= 15 is 0 Å². The lowest BCUT2D eigenvalue weighted by molar-refractivity contribution is -0.135. The average molecular weight is 236 g/mol. The molecule has 3 unspecified atom stereocenters. The van der Waals surface area contributed by atoms with Crippen molar-refractivity contribution in [2.75, 3.05) is 13.1 Å². The highest BCUT2D eigenvalue weighted by atomic mass is 16.2. The summed E-state index contributed by atoms with van der Waals surface area (Å²) in [5.74, 6) is 0.580. The third kappa shape index (κ3) is 2.34. The number of carbonyl (C=O) groups excluding carboxylic acids is 1. The van der Waals surface area contributed by atoms with Gasteiger partial charge in [-0.25, -0.2) is 0 Å². The normalized spacial score (nSPS) is 26.2. The molecule has 0 aromatic carbocycles. The number of nitrogens with zero attached hydrogens (tertiary/aromatic N) is 3. The topological polar surface area (TPSA) is 64.2 Å². The average Bonchev–Trinajstić information content (AvgIpc) is 2.95. The number of likely N-dealkylation sites (tertiary alicyclic amines) is 1. The van der Waals surface area contributed by atoms with Gasteiger partial charge in [-0.1, -0.05) is 0 Å². The highest BCUT2D eigenvalue weighted by Crippen LogP contribution is 2.24. The zero-order valence-corrected chi connectivity index (χ0v) is 10.4. The van der Waals surface area contributed by atoms with Gasteiger partial charge in [-0.2, -0.15) is 5.10 Å². The highest BCUT2D eigenvalue weighted by molar-refractivity contribution is 5.80. The van der Waals surface area contributed by atoms with Gasteiger partial charge in [0.1, 0.15) is 6.04 Å². The van der Waals surface area contributed by atoms with E-state index in [9.17, 15) is 4.79 Å². The van der Waals surface area contributed by atoms with Crippen LogP contribution < -0.4 is 5.73 Å².